The van der Waals surface area contributed by atoms with Crippen molar-refractivity contribution in [3.8, 4) is 5.82 Å². The van der Waals surface area contributed by atoms with Crippen molar-refractivity contribution in [2.75, 3.05) is 13.1 Å². The summed E-state index contributed by atoms with van der Waals surface area (Å²) < 4.78 is 28.4. The zero-order valence-corrected chi connectivity index (χ0v) is 16.3. The van der Waals surface area contributed by atoms with E-state index in [2.05, 4.69) is 15.1 Å². The molecule has 1 N–H and O–H groups in total. The highest BCUT2D eigenvalue weighted by Gasteiger charge is 2.35. The molecule has 1 aliphatic rings. The zero-order valence-electron chi connectivity index (χ0n) is 15.4. The van der Waals surface area contributed by atoms with Crippen LogP contribution in [0, 0.1) is 6.92 Å². The molecule has 0 saturated carbocycles. The average molecular weight is 399 g/mol. The number of nitrogens with zero attached hydrogens (tertiary/aromatic N) is 4. The van der Waals surface area contributed by atoms with Crippen LogP contribution in [0.15, 0.2) is 58.4 Å². The molecular weight excluding hydrogens is 378 g/mol. The third kappa shape index (κ3) is 3.56. The van der Waals surface area contributed by atoms with Crippen LogP contribution >= 0.6 is 0 Å². The molecule has 1 atom stereocenters. The summed E-state index contributed by atoms with van der Waals surface area (Å²) in [6, 6.07) is 12.2. The van der Waals surface area contributed by atoms with E-state index < -0.39 is 10.4 Å². The number of aromatic amines is 1. The fourth-order valence-electron chi connectivity index (χ4n) is 3.39. The van der Waals surface area contributed by atoms with Gasteiger partial charge in [0, 0.05) is 25.2 Å². The van der Waals surface area contributed by atoms with E-state index in [1.54, 1.807) is 48.7 Å². The van der Waals surface area contributed by atoms with Crippen LogP contribution in [0.3, 0.4) is 0 Å². The number of benzene rings is 1. The summed E-state index contributed by atoms with van der Waals surface area (Å²) in [5.74, 6) is 1.03. The van der Waals surface area contributed by atoms with Crippen LogP contribution in [0.2, 0.25) is 0 Å². The SMILES string of the molecule is Cc1ccc([S+](=O)([O-])N2CCC(c3nn(-c4ccccn4)c(=O)[nH]3)CC2)cc1. The summed E-state index contributed by atoms with van der Waals surface area (Å²) in [6.45, 7) is 2.70. The number of piperidine rings is 1. The first kappa shape index (κ1) is 18.7. The normalized spacial score (nSPS) is 18.1. The third-order valence-electron chi connectivity index (χ3n) is 5.00. The Morgan fingerprint density at radius 3 is 2.50 bits per heavy atom. The third-order valence-corrected chi connectivity index (χ3v) is 6.91. The average Bonchev–Trinajstić information content (AvgIpc) is 3.11. The summed E-state index contributed by atoms with van der Waals surface area (Å²) in [7, 11) is -3.50. The van der Waals surface area contributed by atoms with E-state index in [1.807, 2.05) is 6.92 Å². The minimum atomic E-state index is -3.50. The predicted octanol–water partition coefficient (Wildman–Crippen LogP) is 2.05. The van der Waals surface area contributed by atoms with Gasteiger partial charge in [-0.3, -0.25) is 4.98 Å². The molecule has 1 aromatic carbocycles. The minimum absolute atomic E-state index is 0.00197. The summed E-state index contributed by atoms with van der Waals surface area (Å²) in [5.41, 5.74) is 0.675. The molecule has 2 aromatic heterocycles. The number of hydrogen-bond acceptors (Lipinski definition) is 5. The maximum atomic E-state index is 12.8. The molecule has 3 heterocycles. The number of aromatic nitrogens is 4. The quantitative estimate of drug-likeness (QED) is 0.676. The topological polar surface area (TPSA) is 107 Å². The maximum Gasteiger partial charge on any atom is 0.349 e. The van der Waals surface area contributed by atoms with Crippen LogP contribution in [0.1, 0.15) is 30.1 Å². The second-order valence-electron chi connectivity index (χ2n) is 6.91. The van der Waals surface area contributed by atoms with Crippen molar-refractivity contribution in [3.05, 3.63) is 70.5 Å². The predicted molar refractivity (Wildman–Crippen MR) is 104 cm³/mol. The molecule has 0 radical (unpaired) electrons. The van der Waals surface area contributed by atoms with Crippen LogP contribution in [-0.4, -0.2) is 41.7 Å². The standard InChI is InChI=1S/C19H21N5O3S/c1-14-5-7-16(8-6-14)28(26,27)23-12-9-15(10-13-23)18-21-19(25)24(22-18)17-4-2-3-11-20-17/h2-8,11,15H,9-10,12-13H2,1H3,(H-,21,22,25,26,27). The number of rotatable bonds is 4. The van der Waals surface area contributed by atoms with Gasteiger partial charge in [-0.2, -0.15) is 4.68 Å². The van der Waals surface area contributed by atoms with Crippen LogP contribution in [0.25, 0.3) is 5.82 Å². The lowest BCUT2D eigenvalue weighted by molar-refractivity contribution is 0.287. The lowest BCUT2D eigenvalue weighted by atomic mass is 9.98. The van der Waals surface area contributed by atoms with Crippen LogP contribution in [0.5, 0.6) is 0 Å². The van der Waals surface area contributed by atoms with Gasteiger partial charge in [0.05, 0.1) is 0 Å². The van der Waals surface area contributed by atoms with Gasteiger partial charge in [0.1, 0.15) is 5.82 Å². The van der Waals surface area contributed by atoms with Crippen molar-refractivity contribution in [3.63, 3.8) is 0 Å². The van der Waals surface area contributed by atoms with Gasteiger partial charge in [-0.1, -0.05) is 28.0 Å². The van der Waals surface area contributed by atoms with Crippen LogP contribution in [0.4, 0.5) is 0 Å². The van der Waals surface area contributed by atoms with Crippen molar-refractivity contribution in [2.45, 2.75) is 30.6 Å². The van der Waals surface area contributed by atoms with Crippen molar-refractivity contribution in [1.29, 1.82) is 0 Å². The number of nitrogens with one attached hydrogen (secondary N) is 1. The Labute approximate surface area is 163 Å². The molecule has 28 heavy (non-hydrogen) atoms. The molecule has 8 nitrogen and oxygen atoms in total. The maximum absolute atomic E-state index is 12.8. The summed E-state index contributed by atoms with van der Waals surface area (Å²) in [5, 5.41) is 4.38. The smallest absolute Gasteiger partial charge is 0.349 e. The first-order valence-corrected chi connectivity index (χ1v) is 10.6. The highest BCUT2D eigenvalue weighted by Crippen LogP contribution is 2.31. The second-order valence-corrected chi connectivity index (χ2v) is 8.84. The van der Waals surface area contributed by atoms with Gasteiger partial charge in [-0.25, -0.2) is 9.78 Å². The van der Waals surface area contributed by atoms with Crippen molar-refractivity contribution < 1.29 is 8.76 Å². The Balaban J connectivity index is 1.48. The van der Waals surface area contributed by atoms with Gasteiger partial charge in [0.25, 0.3) is 0 Å². The molecule has 0 bridgehead atoms. The van der Waals surface area contributed by atoms with Crippen molar-refractivity contribution in [1.82, 2.24) is 24.1 Å². The second kappa shape index (κ2) is 7.42. The largest absolute Gasteiger partial charge is 0.593 e. The van der Waals surface area contributed by atoms with Gasteiger partial charge in [-0.05, 0) is 44.0 Å². The molecule has 1 aliphatic heterocycles. The van der Waals surface area contributed by atoms with Gasteiger partial charge in [0.15, 0.2) is 21.1 Å². The molecular formula is C19H21N5O3S. The van der Waals surface area contributed by atoms with E-state index in [1.165, 1.54) is 8.99 Å². The lowest BCUT2D eigenvalue weighted by Gasteiger charge is -2.32. The highest BCUT2D eigenvalue weighted by molar-refractivity contribution is 7.95. The van der Waals surface area contributed by atoms with E-state index in [-0.39, 0.29) is 11.6 Å². The number of hydrogen-bond donors (Lipinski definition) is 1. The Morgan fingerprint density at radius 1 is 1.14 bits per heavy atom. The molecule has 1 saturated heterocycles. The van der Waals surface area contributed by atoms with Crippen molar-refractivity contribution in [2.24, 2.45) is 0 Å². The molecule has 146 valence electrons. The molecule has 1 fully saturated rings. The Kier molecular flexibility index (Phi) is 4.96. The van der Waals surface area contributed by atoms with E-state index in [4.69, 9.17) is 0 Å². The van der Waals surface area contributed by atoms with Gasteiger partial charge < -0.3 is 4.55 Å². The monoisotopic (exact) mass is 399 g/mol. The molecule has 0 aliphatic carbocycles. The van der Waals surface area contributed by atoms with Gasteiger partial charge in [-0.15, -0.1) is 9.40 Å². The van der Waals surface area contributed by atoms with E-state index in [0.29, 0.717) is 42.5 Å². The highest BCUT2D eigenvalue weighted by atomic mass is 32.3. The summed E-state index contributed by atoms with van der Waals surface area (Å²) >= 11 is 0. The Morgan fingerprint density at radius 2 is 1.86 bits per heavy atom. The van der Waals surface area contributed by atoms with Crippen molar-refractivity contribution >= 4 is 10.4 Å². The minimum Gasteiger partial charge on any atom is -0.593 e. The first-order valence-electron chi connectivity index (χ1n) is 9.12. The van der Waals surface area contributed by atoms with Crippen LogP contribution < -0.4 is 5.69 Å². The fraction of sp³-hybridized carbons (Fsp3) is 0.316. The lowest BCUT2D eigenvalue weighted by Crippen LogP contribution is -2.41. The fourth-order valence-corrected chi connectivity index (χ4v) is 4.86. The van der Waals surface area contributed by atoms with E-state index >= 15 is 0 Å². The van der Waals surface area contributed by atoms with Gasteiger partial charge >= 0.3 is 5.69 Å². The zero-order chi connectivity index (χ0) is 19.7. The molecule has 3 aromatic rings. The molecule has 0 spiro atoms. The summed E-state index contributed by atoms with van der Waals surface area (Å²) in [4.78, 5) is 19.5. The Hall–Kier alpha value is -2.62. The van der Waals surface area contributed by atoms with Gasteiger partial charge in [0.2, 0.25) is 0 Å². The molecule has 9 heteroatoms. The van der Waals surface area contributed by atoms with E-state index in [0.717, 1.165) is 5.56 Å². The van der Waals surface area contributed by atoms with E-state index in [9.17, 15) is 13.6 Å². The summed E-state index contributed by atoms with van der Waals surface area (Å²) in [6.07, 6.45) is 2.80. The number of aryl methyl sites for hydroxylation is 1. The number of H-pyrrole nitrogens is 1. The number of sulfonamides is 1. The number of pyridine rings is 1. The molecule has 4 rings (SSSR count). The van der Waals surface area contributed by atoms with Crippen LogP contribution in [-0.2, 0) is 14.6 Å². The molecule has 1 unspecified atom stereocenters. The molecule has 0 amide bonds. The Bertz CT molecular complexity index is 1050. The first-order chi connectivity index (χ1) is 13.4.